The molecule has 8 heteroatoms. The van der Waals surface area contributed by atoms with E-state index in [0.29, 0.717) is 24.0 Å². The van der Waals surface area contributed by atoms with Gasteiger partial charge in [-0.3, -0.25) is 0 Å². The topological polar surface area (TPSA) is 81.2 Å². The zero-order valence-electron chi connectivity index (χ0n) is 18.4. The van der Waals surface area contributed by atoms with Gasteiger partial charge >= 0.3 is 5.97 Å². The molecule has 1 fully saturated rings. The van der Waals surface area contributed by atoms with Crippen molar-refractivity contribution >= 4 is 35.9 Å². The lowest BCUT2D eigenvalue weighted by molar-refractivity contribution is 0.0277. The van der Waals surface area contributed by atoms with E-state index >= 15 is 0 Å². The quantitative estimate of drug-likeness (QED) is 0.156. The van der Waals surface area contributed by atoms with Crippen LogP contribution < -0.4 is 15.4 Å². The normalized spacial score (nSPS) is 14.6. The first-order chi connectivity index (χ1) is 14.2. The second-order valence-corrected chi connectivity index (χ2v) is 7.13. The molecular weight excluding hydrogens is 497 g/mol. The number of hydrogen-bond donors (Lipinski definition) is 2. The largest absolute Gasteiger partial charge is 0.496 e. The summed E-state index contributed by atoms with van der Waals surface area (Å²) in [5.41, 5.74) is 1.31. The van der Waals surface area contributed by atoms with Crippen molar-refractivity contribution < 1.29 is 19.0 Å². The fourth-order valence-electron chi connectivity index (χ4n) is 3.40. The van der Waals surface area contributed by atoms with Crippen molar-refractivity contribution in [3.8, 4) is 5.75 Å². The Bertz CT molecular complexity index is 664. The van der Waals surface area contributed by atoms with Crippen LogP contribution in [-0.4, -0.2) is 51.9 Å². The van der Waals surface area contributed by atoms with Crippen LogP contribution in [0.5, 0.6) is 5.75 Å². The Kier molecular flexibility index (Phi) is 13.5. The second kappa shape index (κ2) is 15.3. The summed E-state index contributed by atoms with van der Waals surface area (Å²) >= 11 is 0. The molecule has 0 aliphatic heterocycles. The number of nitrogens with one attached hydrogen (secondary N) is 2. The summed E-state index contributed by atoms with van der Waals surface area (Å²) in [5.74, 6) is 0.823. The predicted molar refractivity (Wildman–Crippen MR) is 130 cm³/mol. The zero-order valence-corrected chi connectivity index (χ0v) is 20.7. The van der Waals surface area contributed by atoms with Crippen LogP contribution in [0, 0.1) is 0 Å². The Morgan fingerprint density at radius 2 is 1.93 bits per heavy atom. The van der Waals surface area contributed by atoms with E-state index in [1.807, 2.05) is 13.0 Å². The number of hydrogen-bond acceptors (Lipinski definition) is 5. The van der Waals surface area contributed by atoms with Crippen LogP contribution in [-0.2, 0) is 16.0 Å². The Balaban J connectivity index is 0.00000450. The van der Waals surface area contributed by atoms with Crippen LogP contribution >= 0.6 is 24.0 Å². The van der Waals surface area contributed by atoms with Gasteiger partial charge in [-0.25, -0.2) is 9.79 Å². The lowest BCUT2D eigenvalue weighted by Crippen LogP contribution is -2.38. The molecule has 7 nitrogen and oxygen atoms in total. The number of methoxy groups -OCH3 is 2. The van der Waals surface area contributed by atoms with E-state index in [0.717, 1.165) is 37.6 Å². The number of rotatable bonds is 10. The molecule has 1 aliphatic carbocycles. The summed E-state index contributed by atoms with van der Waals surface area (Å²) in [5, 5.41) is 6.59. The average Bonchev–Trinajstić information content (AvgIpc) is 2.77. The maximum Gasteiger partial charge on any atom is 0.341 e. The molecule has 0 heterocycles. The van der Waals surface area contributed by atoms with E-state index in [4.69, 9.17) is 14.2 Å². The van der Waals surface area contributed by atoms with Gasteiger partial charge in [0.25, 0.3) is 0 Å². The lowest BCUT2D eigenvalue weighted by atomic mass is 9.98. The Morgan fingerprint density at radius 3 is 2.60 bits per heavy atom. The van der Waals surface area contributed by atoms with Crippen molar-refractivity contribution in [1.82, 2.24) is 10.6 Å². The first-order valence-corrected chi connectivity index (χ1v) is 10.6. The van der Waals surface area contributed by atoms with Crippen LogP contribution in [0.3, 0.4) is 0 Å². The smallest absolute Gasteiger partial charge is 0.341 e. The maximum absolute atomic E-state index is 11.9. The van der Waals surface area contributed by atoms with E-state index in [9.17, 15) is 4.79 Å². The van der Waals surface area contributed by atoms with Gasteiger partial charge in [0.05, 0.1) is 26.9 Å². The second-order valence-electron chi connectivity index (χ2n) is 7.13. The Hall–Kier alpha value is -1.55. The number of esters is 1. The van der Waals surface area contributed by atoms with Gasteiger partial charge in [-0.1, -0.05) is 25.3 Å². The Labute approximate surface area is 197 Å². The van der Waals surface area contributed by atoms with Crippen molar-refractivity contribution in [2.24, 2.45) is 4.99 Å². The number of aliphatic imine (C=N–C) groups is 1. The molecule has 0 bridgehead atoms. The van der Waals surface area contributed by atoms with Crippen LogP contribution in [0.15, 0.2) is 23.2 Å². The number of ether oxygens (including phenoxy) is 3. The molecule has 0 radical (unpaired) electrons. The predicted octanol–water partition coefficient (Wildman–Crippen LogP) is 3.89. The fourth-order valence-corrected chi connectivity index (χ4v) is 3.40. The lowest BCUT2D eigenvalue weighted by Gasteiger charge is -2.22. The molecule has 0 amide bonds. The zero-order chi connectivity index (χ0) is 20.9. The van der Waals surface area contributed by atoms with Gasteiger partial charge in [-0.05, 0) is 43.9 Å². The maximum atomic E-state index is 11.9. The molecule has 1 aromatic carbocycles. The van der Waals surface area contributed by atoms with Crippen molar-refractivity contribution in [1.29, 1.82) is 0 Å². The minimum absolute atomic E-state index is 0. The van der Waals surface area contributed by atoms with Gasteiger partial charge in [-0.2, -0.15) is 0 Å². The number of benzene rings is 1. The first-order valence-electron chi connectivity index (χ1n) is 10.6. The van der Waals surface area contributed by atoms with Crippen LogP contribution in [0.4, 0.5) is 0 Å². The van der Waals surface area contributed by atoms with Gasteiger partial charge < -0.3 is 24.8 Å². The SMILES string of the molecule is CCNC(=NCc1ccc(OC)c(C(=O)OC)c1)NCCCOC1CCCCC1.I. The van der Waals surface area contributed by atoms with Crippen molar-refractivity contribution in [2.75, 3.05) is 33.9 Å². The molecule has 0 unspecified atom stereocenters. The third-order valence-electron chi connectivity index (χ3n) is 4.95. The first kappa shape index (κ1) is 26.5. The molecule has 1 saturated carbocycles. The minimum Gasteiger partial charge on any atom is -0.496 e. The molecule has 1 aliphatic rings. The van der Waals surface area contributed by atoms with Crippen molar-refractivity contribution in [2.45, 2.75) is 58.1 Å². The standard InChI is InChI=1S/C22H35N3O4.HI/c1-4-23-22(24-13-8-14-29-18-9-6-5-7-10-18)25-16-17-11-12-20(27-2)19(15-17)21(26)28-3;/h11-12,15,18H,4-10,13-14,16H2,1-3H3,(H2,23,24,25);1H. The van der Waals surface area contributed by atoms with Crippen molar-refractivity contribution in [3.05, 3.63) is 29.3 Å². The molecule has 170 valence electrons. The molecule has 1 aromatic rings. The van der Waals surface area contributed by atoms with Gasteiger partial charge in [-0.15, -0.1) is 24.0 Å². The number of carbonyl (C=O) groups is 1. The molecule has 30 heavy (non-hydrogen) atoms. The monoisotopic (exact) mass is 533 g/mol. The van der Waals surface area contributed by atoms with Gasteiger partial charge in [0.2, 0.25) is 0 Å². The van der Waals surface area contributed by atoms with Crippen LogP contribution in [0.1, 0.15) is 61.4 Å². The summed E-state index contributed by atoms with van der Waals surface area (Å²) < 4.78 is 16.0. The molecule has 0 aromatic heterocycles. The fraction of sp³-hybridized carbons (Fsp3) is 0.636. The molecule has 2 N–H and O–H groups in total. The Morgan fingerprint density at radius 1 is 1.17 bits per heavy atom. The third kappa shape index (κ3) is 9.07. The summed E-state index contributed by atoms with van der Waals surface area (Å²) in [6.45, 7) is 4.83. The highest BCUT2D eigenvalue weighted by atomic mass is 127. The highest BCUT2D eigenvalue weighted by Gasteiger charge is 2.14. The summed E-state index contributed by atoms with van der Waals surface area (Å²) in [6, 6.07) is 5.42. The summed E-state index contributed by atoms with van der Waals surface area (Å²) in [7, 11) is 2.89. The molecule has 0 spiro atoms. The van der Waals surface area contributed by atoms with Gasteiger partial charge in [0.1, 0.15) is 11.3 Å². The van der Waals surface area contributed by atoms with E-state index in [-0.39, 0.29) is 24.0 Å². The van der Waals surface area contributed by atoms with Gasteiger partial charge in [0.15, 0.2) is 5.96 Å². The van der Waals surface area contributed by atoms with E-state index < -0.39 is 5.97 Å². The number of guanidine groups is 1. The number of nitrogens with zero attached hydrogens (tertiary/aromatic N) is 1. The minimum atomic E-state index is -0.421. The average molecular weight is 533 g/mol. The molecule has 0 saturated heterocycles. The third-order valence-corrected chi connectivity index (χ3v) is 4.95. The van der Waals surface area contributed by atoms with Crippen LogP contribution in [0.2, 0.25) is 0 Å². The van der Waals surface area contributed by atoms with E-state index in [1.54, 1.807) is 12.1 Å². The highest BCUT2D eigenvalue weighted by Crippen LogP contribution is 2.21. The van der Waals surface area contributed by atoms with Crippen molar-refractivity contribution in [3.63, 3.8) is 0 Å². The number of halogens is 1. The van der Waals surface area contributed by atoms with Gasteiger partial charge in [0, 0.05) is 19.7 Å². The summed E-state index contributed by atoms with van der Waals surface area (Å²) in [4.78, 5) is 16.5. The summed E-state index contributed by atoms with van der Waals surface area (Å²) in [6.07, 6.45) is 7.73. The van der Waals surface area contributed by atoms with E-state index in [2.05, 4.69) is 15.6 Å². The molecule has 0 atom stereocenters. The molecule has 2 rings (SSSR count). The van der Waals surface area contributed by atoms with Crippen LogP contribution in [0.25, 0.3) is 0 Å². The highest BCUT2D eigenvalue weighted by molar-refractivity contribution is 14.0. The number of carbonyl (C=O) groups excluding carboxylic acids is 1. The molecular formula is C22H36IN3O4. The van der Waals surface area contributed by atoms with E-state index in [1.165, 1.54) is 46.3 Å².